The number of nitrogens with two attached hydrogens (primary N) is 1. The predicted molar refractivity (Wildman–Crippen MR) is 309 cm³/mol. The summed E-state index contributed by atoms with van der Waals surface area (Å²) in [5, 5.41) is 133. The average molecular weight is 1100 g/mol. The molecule has 0 bridgehead atoms. The van der Waals surface area contributed by atoms with Crippen molar-refractivity contribution in [3.05, 3.63) is 157 Å². The largest absolute Gasteiger partial charge is 0.478 e. The number of carboxylic acids is 1. The van der Waals surface area contributed by atoms with Gasteiger partial charge in [-0.2, -0.15) is 0 Å². The van der Waals surface area contributed by atoms with Gasteiger partial charge in [-0.25, -0.2) is 4.79 Å². The molecule has 0 rings (SSSR count). The van der Waals surface area contributed by atoms with Gasteiger partial charge in [-0.1, -0.05) is 173 Å². The third kappa shape index (κ3) is 40.4. The van der Waals surface area contributed by atoms with Gasteiger partial charge in [0, 0.05) is 49.0 Å². The van der Waals surface area contributed by atoms with E-state index in [4.69, 9.17) is 10.8 Å². The maximum absolute atomic E-state index is 12.8. The normalized spacial score (nSPS) is 19.5. The van der Waals surface area contributed by atoms with Crippen LogP contribution in [0.4, 0.5) is 0 Å². The minimum Gasteiger partial charge on any atom is -0.478 e. The molecule has 15 atom stereocenters. The Morgan fingerprint density at radius 1 is 0.462 bits per heavy atom. The molecule has 0 aromatic carbocycles. The van der Waals surface area contributed by atoms with Crippen molar-refractivity contribution in [2.24, 2.45) is 23.5 Å². The van der Waals surface area contributed by atoms with Crippen LogP contribution in [0.2, 0.25) is 0 Å². The van der Waals surface area contributed by atoms with Gasteiger partial charge < -0.3 is 72.1 Å². The van der Waals surface area contributed by atoms with Crippen LogP contribution in [0.5, 0.6) is 0 Å². The number of aliphatic hydroxyl groups is 12. The Kier molecular flexibility index (Phi) is 43.2. The number of allylic oxidation sites excluding steroid dienone is 16. The molecule has 0 aliphatic heterocycles. The average Bonchev–Trinajstić information content (AvgIpc) is 3.37. The lowest BCUT2D eigenvalue weighted by Crippen LogP contribution is -2.32. The Bertz CT molecular complexity index is 2000. The first kappa shape index (κ1) is 73.2. The van der Waals surface area contributed by atoms with E-state index in [-0.39, 0.29) is 87.4 Å². The number of hydrogen-bond donors (Lipinski definition) is 14. The van der Waals surface area contributed by atoms with E-state index in [2.05, 4.69) is 0 Å². The van der Waals surface area contributed by atoms with Gasteiger partial charge in [0.25, 0.3) is 0 Å². The zero-order valence-corrected chi connectivity index (χ0v) is 46.4. The Hall–Kier alpha value is -4.76. The highest BCUT2D eigenvalue weighted by Crippen LogP contribution is 2.20. The fourth-order valence-corrected chi connectivity index (χ4v) is 7.63. The SMILES string of the molecule is C\C(=C/C=C/C=C/CC/C=C/C(C)C(O)C(C)C(O)/C=C/C=C/C=C/C=C/C=C/C=C/CC(O)C(C)C(=O)CC(O)CC(O)/C=C/CC(O)CC(O)/C=C/CC(O)CC(O)CC(O)/C=C/CC(O)CC(O)CCCN)C(=O)O. The molecular weight excluding hydrogens is 999 g/mol. The zero-order valence-electron chi connectivity index (χ0n) is 46.4. The Morgan fingerprint density at radius 2 is 0.910 bits per heavy atom. The molecule has 0 amide bonds. The topological polar surface area (TPSA) is 323 Å². The summed E-state index contributed by atoms with van der Waals surface area (Å²) in [4.78, 5) is 23.5. The fourth-order valence-electron chi connectivity index (χ4n) is 7.63. The van der Waals surface area contributed by atoms with E-state index < -0.39 is 85.1 Å². The first-order valence-corrected chi connectivity index (χ1v) is 27.4. The highest BCUT2D eigenvalue weighted by molar-refractivity contribution is 5.86. The van der Waals surface area contributed by atoms with Crippen molar-refractivity contribution in [1.29, 1.82) is 0 Å². The first-order chi connectivity index (χ1) is 37.1. The van der Waals surface area contributed by atoms with E-state index in [1.807, 2.05) is 55.5 Å². The number of aliphatic carboxylic acids is 1. The molecule has 0 saturated heterocycles. The second kappa shape index (κ2) is 46.0. The van der Waals surface area contributed by atoms with Gasteiger partial charge >= 0.3 is 5.97 Å². The minimum atomic E-state index is -1.16. The fraction of sp³-hybridized carbons (Fsp3) is 0.548. The second-order valence-corrected chi connectivity index (χ2v) is 20.0. The molecule has 440 valence electrons. The third-order valence-electron chi connectivity index (χ3n) is 12.6. The summed E-state index contributed by atoms with van der Waals surface area (Å²) >= 11 is 0. The van der Waals surface area contributed by atoms with Crippen molar-refractivity contribution in [1.82, 2.24) is 0 Å². The molecule has 0 aromatic rings. The van der Waals surface area contributed by atoms with Crippen LogP contribution in [-0.4, -0.2) is 158 Å². The van der Waals surface area contributed by atoms with Crippen LogP contribution in [0.25, 0.3) is 0 Å². The standard InChI is InChI=1S/C62H97NO15/c1-45(27-19-15-11-10-12-16-20-28-46(2)62(77)78)61(76)48(4)59(74)37-22-18-14-9-7-5-6-8-13-17-21-36-58(73)47(3)60(75)44-57(72)43-54(69)34-25-30-50(65)39-49(64)29-23-32-52(67)41-56(71)42-53(68)33-24-31-51(66)40-55(70)35-26-38-63/h5-10,12-14,16-25,27-29,33-34,37,45,47-59,61,64-74,76H,11,15,26,30-32,35-36,38-44,63H2,1-4H3,(H,77,78)/b6-5+,9-7+,12-10+,13-8+,18-14+,20-16+,21-17+,27-19+,29-23+,33-24+,34-25+,37-22+,46-28+. The predicted octanol–water partition coefficient (Wildman–Crippen LogP) is 5.92. The molecular formula is C62H97NO15. The molecule has 0 saturated carbocycles. The van der Waals surface area contributed by atoms with Crippen molar-refractivity contribution in [3.8, 4) is 0 Å². The van der Waals surface area contributed by atoms with Crippen LogP contribution in [-0.2, 0) is 9.59 Å². The number of rotatable bonds is 44. The third-order valence-corrected chi connectivity index (χ3v) is 12.6. The summed E-state index contributed by atoms with van der Waals surface area (Å²) in [6, 6.07) is 0. The Balaban J connectivity index is 4.49. The zero-order chi connectivity index (χ0) is 58.7. The lowest BCUT2D eigenvalue weighted by Gasteiger charge is -2.25. The summed E-state index contributed by atoms with van der Waals surface area (Å²) in [5.41, 5.74) is 5.69. The molecule has 16 heteroatoms. The van der Waals surface area contributed by atoms with Gasteiger partial charge in [0.05, 0.1) is 73.2 Å². The molecule has 16 nitrogen and oxygen atoms in total. The molecule has 0 aromatic heterocycles. The van der Waals surface area contributed by atoms with E-state index in [1.54, 1.807) is 80.7 Å². The van der Waals surface area contributed by atoms with Crippen molar-refractivity contribution in [3.63, 3.8) is 0 Å². The van der Waals surface area contributed by atoms with Crippen LogP contribution >= 0.6 is 0 Å². The van der Waals surface area contributed by atoms with Gasteiger partial charge in [0.2, 0.25) is 0 Å². The van der Waals surface area contributed by atoms with E-state index in [0.717, 1.165) is 12.8 Å². The van der Waals surface area contributed by atoms with Gasteiger partial charge in [0.15, 0.2) is 0 Å². The smallest absolute Gasteiger partial charge is 0.331 e. The number of hydrogen-bond acceptors (Lipinski definition) is 15. The quantitative estimate of drug-likeness (QED) is 0.0146. The highest BCUT2D eigenvalue weighted by Gasteiger charge is 2.25. The summed E-state index contributed by atoms with van der Waals surface area (Å²) in [6.45, 7) is 7.27. The van der Waals surface area contributed by atoms with Gasteiger partial charge in [-0.3, -0.25) is 4.79 Å². The van der Waals surface area contributed by atoms with Crippen LogP contribution in [0, 0.1) is 17.8 Å². The minimum absolute atomic E-state index is 0.0240. The number of carbonyl (C=O) groups is 2. The Morgan fingerprint density at radius 3 is 1.45 bits per heavy atom. The van der Waals surface area contributed by atoms with E-state index in [1.165, 1.54) is 43.4 Å². The number of aliphatic hydroxyl groups excluding tert-OH is 12. The molecule has 78 heavy (non-hydrogen) atoms. The first-order valence-electron chi connectivity index (χ1n) is 27.4. The van der Waals surface area contributed by atoms with Crippen molar-refractivity contribution < 1.29 is 76.0 Å². The Labute approximate surface area is 464 Å². The van der Waals surface area contributed by atoms with Crippen LogP contribution in [0.3, 0.4) is 0 Å². The van der Waals surface area contributed by atoms with E-state index in [9.17, 15) is 70.9 Å². The number of ketones is 1. The molecule has 0 spiro atoms. The van der Waals surface area contributed by atoms with E-state index in [0.29, 0.717) is 19.4 Å². The molecule has 15 unspecified atom stereocenters. The summed E-state index contributed by atoms with van der Waals surface area (Å²) < 4.78 is 0. The van der Waals surface area contributed by atoms with Crippen LogP contribution in [0.15, 0.2) is 157 Å². The molecule has 0 radical (unpaired) electrons. The summed E-state index contributed by atoms with van der Waals surface area (Å²) in [6.07, 6.45) is 34.8. The van der Waals surface area contributed by atoms with Gasteiger partial charge in [-0.05, 0) is 77.7 Å². The number of unbranched alkanes of at least 4 members (excludes halogenated alkanes) is 1. The van der Waals surface area contributed by atoms with Crippen molar-refractivity contribution in [2.45, 2.75) is 191 Å². The lowest BCUT2D eigenvalue weighted by molar-refractivity contribution is -0.132. The van der Waals surface area contributed by atoms with Gasteiger partial charge in [0.1, 0.15) is 5.78 Å². The molecule has 0 heterocycles. The summed E-state index contributed by atoms with van der Waals surface area (Å²) in [5.74, 6) is -2.60. The molecule has 15 N–H and O–H groups in total. The number of Topliss-reactive ketones (excluding diaryl/α,β-unsaturated/α-hetero) is 1. The second-order valence-electron chi connectivity index (χ2n) is 20.0. The maximum Gasteiger partial charge on any atom is 0.331 e. The number of carbonyl (C=O) groups excluding carboxylic acids is 1. The number of carboxylic acid groups (broad SMARTS) is 1. The van der Waals surface area contributed by atoms with Crippen LogP contribution in [0.1, 0.15) is 118 Å². The van der Waals surface area contributed by atoms with Crippen molar-refractivity contribution >= 4 is 11.8 Å². The van der Waals surface area contributed by atoms with Crippen LogP contribution < -0.4 is 5.73 Å². The highest BCUT2D eigenvalue weighted by atomic mass is 16.4. The summed E-state index contributed by atoms with van der Waals surface area (Å²) in [7, 11) is 0. The van der Waals surface area contributed by atoms with E-state index >= 15 is 0 Å². The molecule has 0 aliphatic rings. The van der Waals surface area contributed by atoms with Gasteiger partial charge in [-0.15, -0.1) is 0 Å². The lowest BCUT2D eigenvalue weighted by atomic mass is 9.88. The van der Waals surface area contributed by atoms with Crippen molar-refractivity contribution in [2.75, 3.05) is 6.54 Å². The maximum atomic E-state index is 12.8. The monoisotopic (exact) mass is 1100 g/mol. The molecule has 0 fully saturated rings. The molecule has 0 aliphatic carbocycles.